The number of rotatable bonds is 5. The summed E-state index contributed by atoms with van der Waals surface area (Å²) in [5.74, 6) is 2.19. The fourth-order valence-corrected chi connectivity index (χ4v) is 3.79. The highest BCUT2D eigenvalue weighted by atomic mass is 16.2. The molecule has 2 aliphatic rings. The van der Waals surface area contributed by atoms with Crippen molar-refractivity contribution in [3.05, 3.63) is 36.0 Å². The third-order valence-corrected chi connectivity index (χ3v) is 5.26. The van der Waals surface area contributed by atoms with Gasteiger partial charge in [-0.05, 0) is 31.4 Å². The van der Waals surface area contributed by atoms with Gasteiger partial charge in [-0.3, -0.25) is 9.48 Å². The topological polar surface area (TPSA) is 75.9 Å². The minimum atomic E-state index is -0.0197. The highest BCUT2D eigenvalue weighted by Crippen LogP contribution is 2.41. The van der Waals surface area contributed by atoms with Crippen LogP contribution in [-0.2, 0) is 11.8 Å². The standard InChI is InChI=1S/C19H26N6O/c1-12(2)19-20-10-9-16(23-19)22-14-6-7-17(26)25(13-4-5-13)18(14)15-8-11-21-24(15)3/h8-14,18H,4-7H2,1-3H3,(H,20,22,23)/t14-,18-/m1/s1. The van der Waals surface area contributed by atoms with Crippen LogP contribution in [0, 0.1) is 0 Å². The maximum absolute atomic E-state index is 12.7. The number of amides is 1. The Hall–Kier alpha value is -2.44. The van der Waals surface area contributed by atoms with Gasteiger partial charge in [-0.15, -0.1) is 0 Å². The summed E-state index contributed by atoms with van der Waals surface area (Å²) in [6, 6.07) is 4.38. The van der Waals surface area contributed by atoms with Gasteiger partial charge in [0.15, 0.2) is 0 Å². The number of hydrogen-bond donors (Lipinski definition) is 1. The fourth-order valence-electron chi connectivity index (χ4n) is 3.79. The van der Waals surface area contributed by atoms with Crippen LogP contribution in [0.3, 0.4) is 0 Å². The molecule has 4 rings (SSSR count). The van der Waals surface area contributed by atoms with Crippen molar-refractivity contribution in [3.8, 4) is 0 Å². The number of nitrogens with one attached hydrogen (secondary N) is 1. The van der Waals surface area contributed by atoms with Crippen molar-refractivity contribution in [3.63, 3.8) is 0 Å². The smallest absolute Gasteiger partial charge is 0.223 e. The summed E-state index contributed by atoms with van der Waals surface area (Å²) < 4.78 is 1.88. The summed E-state index contributed by atoms with van der Waals surface area (Å²) >= 11 is 0. The van der Waals surface area contributed by atoms with Gasteiger partial charge in [0, 0.05) is 37.8 Å². The first kappa shape index (κ1) is 17.0. The summed E-state index contributed by atoms with van der Waals surface area (Å²) in [5.41, 5.74) is 1.07. The second-order valence-electron chi connectivity index (χ2n) is 7.60. The lowest BCUT2D eigenvalue weighted by atomic mass is 9.92. The van der Waals surface area contributed by atoms with Gasteiger partial charge in [0.25, 0.3) is 0 Å². The Kier molecular flexibility index (Phi) is 4.38. The Bertz CT molecular complexity index is 797. The van der Waals surface area contributed by atoms with Crippen LogP contribution >= 0.6 is 0 Å². The van der Waals surface area contributed by atoms with E-state index in [2.05, 4.69) is 39.1 Å². The predicted octanol–water partition coefficient (Wildman–Crippen LogP) is 2.64. The number of likely N-dealkylation sites (tertiary alicyclic amines) is 1. The molecule has 0 unspecified atom stereocenters. The van der Waals surface area contributed by atoms with Crippen molar-refractivity contribution >= 4 is 11.7 Å². The molecule has 2 aromatic heterocycles. The summed E-state index contributed by atoms with van der Waals surface area (Å²) in [6.45, 7) is 4.18. The fraction of sp³-hybridized carbons (Fsp3) is 0.579. The van der Waals surface area contributed by atoms with Crippen molar-refractivity contribution in [1.82, 2.24) is 24.6 Å². The van der Waals surface area contributed by atoms with Crippen LogP contribution in [0.1, 0.15) is 63.0 Å². The number of carbonyl (C=O) groups excluding carboxylic acids is 1. The van der Waals surface area contributed by atoms with E-state index in [1.165, 1.54) is 0 Å². The van der Waals surface area contributed by atoms with E-state index < -0.39 is 0 Å². The molecule has 1 saturated carbocycles. The van der Waals surface area contributed by atoms with Gasteiger partial charge in [0.1, 0.15) is 11.6 Å². The zero-order valence-corrected chi connectivity index (χ0v) is 15.6. The van der Waals surface area contributed by atoms with Crippen molar-refractivity contribution in [2.75, 3.05) is 5.32 Å². The molecule has 3 heterocycles. The largest absolute Gasteiger partial charge is 0.365 e. The average molecular weight is 354 g/mol. The number of nitrogens with zero attached hydrogens (tertiary/aromatic N) is 5. The molecule has 2 aromatic rings. The minimum Gasteiger partial charge on any atom is -0.365 e. The average Bonchev–Trinajstić information content (AvgIpc) is 3.37. The Balaban J connectivity index is 1.66. The first-order chi connectivity index (χ1) is 12.5. The second-order valence-corrected chi connectivity index (χ2v) is 7.60. The molecule has 1 amide bonds. The van der Waals surface area contributed by atoms with Crippen LogP contribution in [0.15, 0.2) is 24.5 Å². The zero-order valence-electron chi connectivity index (χ0n) is 15.6. The van der Waals surface area contributed by atoms with E-state index in [1.807, 2.05) is 23.9 Å². The molecular weight excluding hydrogens is 328 g/mol. The number of carbonyl (C=O) groups is 1. The Morgan fingerprint density at radius 3 is 2.65 bits per heavy atom. The minimum absolute atomic E-state index is 0.0197. The SMILES string of the molecule is CC(C)c1nccc(N[C@@H]2CCC(=O)N(C3CC3)[C@H]2c2ccnn2C)n1. The van der Waals surface area contributed by atoms with Crippen molar-refractivity contribution in [2.24, 2.45) is 7.05 Å². The van der Waals surface area contributed by atoms with Gasteiger partial charge < -0.3 is 10.2 Å². The molecule has 0 bridgehead atoms. The monoisotopic (exact) mass is 354 g/mol. The van der Waals surface area contributed by atoms with Gasteiger partial charge in [-0.2, -0.15) is 5.10 Å². The Morgan fingerprint density at radius 1 is 1.19 bits per heavy atom. The molecule has 138 valence electrons. The maximum Gasteiger partial charge on any atom is 0.223 e. The van der Waals surface area contributed by atoms with Crippen LogP contribution in [-0.4, -0.2) is 42.6 Å². The molecule has 2 atom stereocenters. The molecular formula is C19H26N6O. The van der Waals surface area contributed by atoms with Crippen molar-refractivity contribution < 1.29 is 4.79 Å². The molecule has 7 heteroatoms. The van der Waals surface area contributed by atoms with Crippen LogP contribution in [0.25, 0.3) is 0 Å². The molecule has 7 nitrogen and oxygen atoms in total. The second kappa shape index (κ2) is 6.70. The lowest BCUT2D eigenvalue weighted by Crippen LogP contribution is -2.49. The van der Waals surface area contributed by atoms with Gasteiger partial charge >= 0.3 is 0 Å². The number of aryl methyl sites for hydroxylation is 1. The highest BCUT2D eigenvalue weighted by molar-refractivity contribution is 5.79. The number of aromatic nitrogens is 4. The molecule has 1 aliphatic carbocycles. The summed E-state index contributed by atoms with van der Waals surface area (Å²) in [5, 5.41) is 7.92. The van der Waals surface area contributed by atoms with Crippen LogP contribution in [0.4, 0.5) is 5.82 Å². The summed E-state index contributed by atoms with van der Waals surface area (Å²) in [6.07, 6.45) is 7.16. The molecule has 26 heavy (non-hydrogen) atoms. The predicted molar refractivity (Wildman–Crippen MR) is 98.6 cm³/mol. The first-order valence-electron chi connectivity index (χ1n) is 9.43. The van der Waals surface area contributed by atoms with E-state index in [0.29, 0.717) is 12.5 Å². The summed E-state index contributed by atoms with van der Waals surface area (Å²) in [4.78, 5) is 23.8. The molecule has 1 saturated heterocycles. The van der Waals surface area contributed by atoms with Crippen molar-refractivity contribution in [1.29, 1.82) is 0 Å². The van der Waals surface area contributed by atoms with Gasteiger partial charge in [-0.1, -0.05) is 13.8 Å². The third kappa shape index (κ3) is 3.18. The lowest BCUT2D eigenvalue weighted by Gasteiger charge is -2.42. The number of anilines is 1. The number of hydrogen-bond acceptors (Lipinski definition) is 5. The normalized spacial score (nSPS) is 23.5. The van der Waals surface area contributed by atoms with E-state index in [0.717, 1.165) is 36.6 Å². The van der Waals surface area contributed by atoms with E-state index >= 15 is 0 Å². The van der Waals surface area contributed by atoms with Crippen molar-refractivity contribution in [2.45, 2.75) is 63.6 Å². The van der Waals surface area contributed by atoms with E-state index in [4.69, 9.17) is 0 Å². The maximum atomic E-state index is 12.7. The molecule has 1 N–H and O–H groups in total. The van der Waals surface area contributed by atoms with E-state index in [-0.39, 0.29) is 23.9 Å². The lowest BCUT2D eigenvalue weighted by molar-refractivity contribution is -0.138. The van der Waals surface area contributed by atoms with Crippen LogP contribution in [0.5, 0.6) is 0 Å². The van der Waals surface area contributed by atoms with Gasteiger partial charge in [0.05, 0.1) is 17.8 Å². The molecule has 0 aromatic carbocycles. The quantitative estimate of drug-likeness (QED) is 0.893. The van der Waals surface area contributed by atoms with Gasteiger partial charge in [-0.25, -0.2) is 9.97 Å². The molecule has 2 fully saturated rings. The summed E-state index contributed by atoms with van der Waals surface area (Å²) in [7, 11) is 1.94. The Morgan fingerprint density at radius 2 is 2.00 bits per heavy atom. The van der Waals surface area contributed by atoms with E-state index in [9.17, 15) is 4.79 Å². The third-order valence-electron chi connectivity index (χ3n) is 5.26. The van der Waals surface area contributed by atoms with Crippen LogP contribution in [0.2, 0.25) is 0 Å². The van der Waals surface area contributed by atoms with Gasteiger partial charge in [0.2, 0.25) is 5.91 Å². The molecule has 0 radical (unpaired) electrons. The Labute approximate surface area is 153 Å². The zero-order chi connectivity index (χ0) is 18.3. The van der Waals surface area contributed by atoms with E-state index in [1.54, 1.807) is 12.4 Å². The number of piperidine rings is 1. The van der Waals surface area contributed by atoms with Crippen LogP contribution < -0.4 is 5.32 Å². The molecule has 1 aliphatic heterocycles. The highest BCUT2D eigenvalue weighted by Gasteiger charge is 2.45. The molecule has 0 spiro atoms. The first-order valence-corrected chi connectivity index (χ1v) is 9.43.